The van der Waals surface area contributed by atoms with Crippen molar-refractivity contribution in [2.24, 2.45) is 0 Å². The molecule has 2 unspecified atom stereocenters. The van der Waals surface area contributed by atoms with Crippen molar-refractivity contribution < 1.29 is 8.83 Å². The fourth-order valence-electron chi connectivity index (χ4n) is 21.0. The minimum atomic E-state index is 0.0573. The molecule has 4 aromatic heterocycles. The van der Waals surface area contributed by atoms with E-state index in [4.69, 9.17) is 8.83 Å². The highest BCUT2D eigenvalue weighted by Gasteiger charge is 2.33. The smallest absolute Gasteiger partial charge is 0.137 e. The summed E-state index contributed by atoms with van der Waals surface area (Å²) in [7, 11) is 0. The zero-order chi connectivity index (χ0) is 82.7. The van der Waals surface area contributed by atoms with Crippen LogP contribution in [0.15, 0.2) is 373 Å². The first-order chi connectivity index (χ1) is 61.0. The van der Waals surface area contributed by atoms with Gasteiger partial charge in [0.05, 0.1) is 65.7 Å². The molecule has 24 rings (SSSR count). The molecular formula is C116H86N4O2S2. The predicted octanol–water partition coefficient (Wildman–Crippen LogP) is 35.8. The Morgan fingerprint density at radius 3 is 0.831 bits per heavy atom. The molecule has 124 heavy (non-hydrogen) atoms. The molecule has 20 aromatic carbocycles. The van der Waals surface area contributed by atoms with Crippen molar-refractivity contribution in [1.82, 2.24) is 0 Å². The highest BCUT2D eigenvalue weighted by molar-refractivity contribution is 7.27. The lowest BCUT2D eigenvalue weighted by molar-refractivity contribution is 0.578. The SMILES string of the molecule is CC(C)c1cc(N(c2ccccc2)c2cccc3c2sc2ccccc23)c2ccc3c(C(C)CCC(C)c4cc(N(c5ccccc5)c5cccc6oc7ccccc7c56)c5ccc6c(C(C)C)cc(N(c7ccccc7)c7cccc8oc9ccccc9c78)c7ccc4c5c67)cc(N(c4ccccc4)c4cccc5c4sc4ccccc45)c4ccc1c2c34. The van der Waals surface area contributed by atoms with Crippen molar-refractivity contribution in [3.05, 3.63) is 386 Å². The summed E-state index contributed by atoms with van der Waals surface area (Å²) in [6.45, 7) is 14.5. The highest BCUT2D eigenvalue weighted by atomic mass is 32.1. The number of anilines is 12. The molecule has 0 fully saturated rings. The van der Waals surface area contributed by atoms with Gasteiger partial charge < -0.3 is 28.4 Å². The fraction of sp³-hybridized carbons (Fsp3) is 0.103. The number of furan rings is 2. The monoisotopic (exact) mass is 1630 g/mol. The molecule has 2 atom stereocenters. The first-order valence-electron chi connectivity index (χ1n) is 43.6. The Labute approximate surface area is 727 Å². The quantitative estimate of drug-likeness (QED) is 0.0752. The summed E-state index contributed by atoms with van der Waals surface area (Å²) in [5.74, 6) is 0.489. The minimum Gasteiger partial charge on any atom is -0.456 e. The van der Waals surface area contributed by atoms with Crippen molar-refractivity contribution in [1.29, 1.82) is 0 Å². The molecule has 0 saturated heterocycles. The van der Waals surface area contributed by atoms with Crippen LogP contribution in [-0.4, -0.2) is 0 Å². The molecule has 0 aliphatic rings. The fourth-order valence-corrected chi connectivity index (χ4v) is 23.4. The second-order valence-corrected chi connectivity index (χ2v) is 36.6. The maximum absolute atomic E-state index is 6.83. The second kappa shape index (κ2) is 29.2. The summed E-state index contributed by atoms with van der Waals surface area (Å²) in [6.07, 6.45) is 1.79. The number of hydrogen-bond donors (Lipinski definition) is 0. The Kier molecular flexibility index (Phi) is 17.4. The van der Waals surface area contributed by atoms with Crippen LogP contribution in [0.5, 0.6) is 0 Å². The molecule has 0 N–H and O–H groups in total. The largest absolute Gasteiger partial charge is 0.456 e. The van der Waals surface area contributed by atoms with Crippen LogP contribution in [0.1, 0.15) is 100 Å². The average Bonchev–Trinajstić information content (AvgIpc) is 1.07. The van der Waals surface area contributed by atoms with Gasteiger partial charge in [0.25, 0.3) is 0 Å². The van der Waals surface area contributed by atoms with Gasteiger partial charge >= 0.3 is 0 Å². The lowest BCUT2D eigenvalue weighted by Gasteiger charge is -2.32. The van der Waals surface area contributed by atoms with E-state index in [9.17, 15) is 0 Å². The van der Waals surface area contributed by atoms with E-state index < -0.39 is 0 Å². The van der Waals surface area contributed by atoms with Gasteiger partial charge in [-0.3, -0.25) is 0 Å². The van der Waals surface area contributed by atoms with Crippen molar-refractivity contribution in [2.75, 3.05) is 19.6 Å². The molecule has 0 amide bonds. The summed E-state index contributed by atoms with van der Waals surface area (Å²) in [4.78, 5) is 10.2. The average molecular weight is 1630 g/mol. The van der Waals surface area contributed by atoms with Gasteiger partial charge in [0.15, 0.2) is 0 Å². The first kappa shape index (κ1) is 73.6. The summed E-state index contributed by atoms with van der Waals surface area (Å²) < 4.78 is 18.7. The van der Waals surface area contributed by atoms with E-state index in [1.807, 2.05) is 22.7 Å². The van der Waals surface area contributed by atoms with Crippen LogP contribution in [0, 0.1) is 0 Å². The van der Waals surface area contributed by atoms with Gasteiger partial charge in [0.2, 0.25) is 0 Å². The zero-order valence-electron chi connectivity index (χ0n) is 69.8. The standard InChI is InChI=1S/C116H86N4O2S2/c1-69(2)91-65-99(117(73-31-11-7-12-32-73)95-45-29-51-105-113(95)89-41-19-23-49-103(89)121-105)85-63-59-81-93(67-101(87-61-57-79(91)109(85)111(81)87)118(74-33-13-8-14-34-74)96-46-30-52-106-114(96)90-42-20-24-50-104(90)122-106)71(5)55-56-72(6)94-68-102(120(76-37-17-10-18-38-76)98-48-28-44-84-78-40-22-26-54-108(78)124-116(84)98)88-62-58-80-92(70(3)4)66-100(86-64-60-82(94)112(88)110(80)86)119(75-35-15-9-16-36-75)97-47-27-43-83-77-39-21-25-53-107(77)123-115(83)97/h7-54,57-72H,55-56H2,1-6H3. The molecule has 6 nitrogen and oxygen atoms in total. The summed E-state index contributed by atoms with van der Waals surface area (Å²) in [5.41, 5.74) is 22.1. The molecule has 24 aromatic rings. The van der Waals surface area contributed by atoms with Crippen LogP contribution in [0.4, 0.5) is 68.2 Å². The van der Waals surface area contributed by atoms with Crippen LogP contribution in [0.25, 0.3) is 149 Å². The molecule has 8 heteroatoms. The van der Waals surface area contributed by atoms with Crippen LogP contribution in [-0.2, 0) is 0 Å². The molecule has 4 heterocycles. The maximum Gasteiger partial charge on any atom is 0.137 e. The maximum atomic E-state index is 6.83. The molecule has 594 valence electrons. The predicted molar refractivity (Wildman–Crippen MR) is 534 cm³/mol. The Morgan fingerprint density at radius 1 is 0.210 bits per heavy atom. The van der Waals surface area contributed by atoms with E-state index in [2.05, 4.69) is 425 Å². The van der Waals surface area contributed by atoms with Crippen molar-refractivity contribution in [3.8, 4) is 0 Å². The van der Waals surface area contributed by atoms with Crippen molar-refractivity contribution in [3.63, 3.8) is 0 Å². The number of benzene rings is 20. The third-order valence-electron chi connectivity index (χ3n) is 26.7. The van der Waals surface area contributed by atoms with E-state index >= 15 is 0 Å². The van der Waals surface area contributed by atoms with Crippen LogP contribution < -0.4 is 19.6 Å². The van der Waals surface area contributed by atoms with Gasteiger partial charge in [-0.05, 0) is 235 Å². The third kappa shape index (κ3) is 11.5. The van der Waals surface area contributed by atoms with Gasteiger partial charge in [-0.1, -0.05) is 272 Å². The molecule has 0 saturated carbocycles. The number of nitrogens with zero attached hydrogens (tertiary/aromatic N) is 4. The Morgan fingerprint density at radius 2 is 0.476 bits per heavy atom. The van der Waals surface area contributed by atoms with E-state index in [1.165, 1.54) is 144 Å². The molecule has 0 radical (unpaired) electrons. The number of para-hydroxylation sites is 6. The van der Waals surface area contributed by atoms with E-state index in [0.29, 0.717) is 0 Å². The minimum absolute atomic E-state index is 0.0573. The Bertz CT molecular complexity index is 8330. The molecule has 0 aliphatic heterocycles. The van der Waals surface area contributed by atoms with E-state index in [1.54, 1.807) is 0 Å². The summed E-state index contributed by atoms with van der Waals surface area (Å²) in [6, 6.07) is 136. The summed E-state index contributed by atoms with van der Waals surface area (Å²) in [5, 5.41) is 24.4. The number of thiophene rings is 2. The van der Waals surface area contributed by atoms with Gasteiger partial charge in [-0.2, -0.15) is 0 Å². The number of fused-ring (bicyclic) bond motifs is 12. The second-order valence-electron chi connectivity index (χ2n) is 34.5. The highest BCUT2D eigenvalue weighted by Crippen LogP contribution is 2.58. The number of rotatable bonds is 19. The molecular weight excluding hydrogens is 1550 g/mol. The number of hydrogen-bond acceptors (Lipinski definition) is 8. The lowest BCUT2D eigenvalue weighted by Crippen LogP contribution is -2.14. The normalized spacial score (nSPS) is 12.7. The van der Waals surface area contributed by atoms with E-state index in [-0.39, 0.29) is 23.7 Å². The lowest BCUT2D eigenvalue weighted by atomic mass is 9.80. The Balaban J connectivity index is 0.741. The first-order valence-corrected chi connectivity index (χ1v) is 45.3. The van der Waals surface area contributed by atoms with Gasteiger partial charge in [-0.15, -0.1) is 22.7 Å². The van der Waals surface area contributed by atoms with Gasteiger partial charge in [0.1, 0.15) is 22.3 Å². The van der Waals surface area contributed by atoms with Crippen molar-refractivity contribution in [2.45, 2.75) is 78.1 Å². The zero-order valence-corrected chi connectivity index (χ0v) is 71.4. The van der Waals surface area contributed by atoms with Crippen LogP contribution in [0.3, 0.4) is 0 Å². The molecule has 0 spiro atoms. The third-order valence-corrected chi connectivity index (χ3v) is 29.1. The van der Waals surface area contributed by atoms with Crippen LogP contribution in [0.2, 0.25) is 0 Å². The van der Waals surface area contributed by atoms with Gasteiger partial charge in [0, 0.05) is 86.0 Å². The van der Waals surface area contributed by atoms with Crippen molar-refractivity contribution >= 4 is 240 Å². The molecule has 0 bridgehead atoms. The van der Waals surface area contributed by atoms with Gasteiger partial charge in [-0.25, -0.2) is 0 Å². The topological polar surface area (TPSA) is 39.2 Å². The Hall–Kier alpha value is -14.3. The molecule has 0 aliphatic carbocycles. The van der Waals surface area contributed by atoms with Crippen LogP contribution >= 0.6 is 22.7 Å². The van der Waals surface area contributed by atoms with E-state index in [0.717, 1.165) is 108 Å². The summed E-state index contributed by atoms with van der Waals surface area (Å²) >= 11 is 3.79.